The van der Waals surface area contributed by atoms with Gasteiger partial charge >= 0.3 is 6.36 Å². The van der Waals surface area contributed by atoms with Gasteiger partial charge in [0, 0.05) is 36.7 Å². The van der Waals surface area contributed by atoms with Crippen molar-refractivity contribution < 1.29 is 27.4 Å². The van der Waals surface area contributed by atoms with Gasteiger partial charge < -0.3 is 20.1 Å². The Morgan fingerprint density at radius 3 is 2.38 bits per heavy atom. The Kier molecular flexibility index (Phi) is 9.50. The minimum atomic E-state index is -4.75. The van der Waals surface area contributed by atoms with Crippen molar-refractivity contribution in [1.29, 1.82) is 0 Å². The lowest BCUT2D eigenvalue weighted by Gasteiger charge is -2.32. The van der Waals surface area contributed by atoms with Gasteiger partial charge in [-0.25, -0.2) is 4.68 Å². The maximum Gasteiger partial charge on any atom is 0.573 e. The zero-order valence-electron chi connectivity index (χ0n) is 22.3. The molecule has 1 unspecified atom stereocenters. The van der Waals surface area contributed by atoms with Gasteiger partial charge in [-0.1, -0.05) is 26.2 Å². The van der Waals surface area contributed by atoms with E-state index in [1.54, 1.807) is 23.9 Å². The highest BCUT2D eigenvalue weighted by atomic mass is 19.4. The molecule has 39 heavy (non-hydrogen) atoms. The molecule has 1 heterocycles. The summed E-state index contributed by atoms with van der Waals surface area (Å²) in [6, 6.07) is 13.0. The normalized spacial score (nSPS) is 15.1. The minimum Gasteiger partial charge on any atom is -0.406 e. The van der Waals surface area contributed by atoms with Crippen LogP contribution in [-0.2, 0) is 11.3 Å². The van der Waals surface area contributed by atoms with Gasteiger partial charge in [-0.05, 0) is 73.7 Å². The molecule has 0 saturated heterocycles. The summed E-state index contributed by atoms with van der Waals surface area (Å²) in [6.45, 7) is 2.93. The lowest BCUT2D eigenvalue weighted by Crippen LogP contribution is -2.25. The highest BCUT2D eigenvalue weighted by molar-refractivity contribution is 5.94. The van der Waals surface area contributed by atoms with Crippen LogP contribution in [0.5, 0.6) is 5.75 Å². The smallest absolute Gasteiger partial charge is 0.406 e. The number of ether oxygens (including phenoxy) is 2. The first-order valence-electron chi connectivity index (χ1n) is 13.4. The fourth-order valence-corrected chi connectivity index (χ4v) is 5.02. The summed E-state index contributed by atoms with van der Waals surface area (Å²) in [7, 11) is 1.61. The molecule has 1 aliphatic rings. The molecule has 2 N–H and O–H groups in total. The Morgan fingerprint density at radius 2 is 1.77 bits per heavy atom. The monoisotopic (exact) mass is 544 g/mol. The van der Waals surface area contributed by atoms with Crippen molar-refractivity contribution in [3.05, 3.63) is 71.5 Å². The largest absolute Gasteiger partial charge is 0.573 e. The predicted molar refractivity (Wildman–Crippen MR) is 143 cm³/mol. The molecule has 4 rings (SSSR count). The quantitative estimate of drug-likeness (QED) is 0.278. The van der Waals surface area contributed by atoms with Crippen molar-refractivity contribution in [3.8, 4) is 11.4 Å². The van der Waals surface area contributed by atoms with Crippen LogP contribution in [-0.4, -0.2) is 35.7 Å². The van der Waals surface area contributed by atoms with E-state index in [4.69, 9.17) is 9.84 Å². The number of rotatable bonds is 11. The van der Waals surface area contributed by atoms with Gasteiger partial charge in [0.1, 0.15) is 5.75 Å². The third-order valence-electron chi connectivity index (χ3n) is 6.90. The third-order valence-corrected chi connectivity index (χ3v) is 6.90. The third kappa shape index (κ3) is 7.75. The van der Waals surface area contributed by atoms with E-state index in [1.807, 2.05) is 37.4 Å². The van der Waals surface area contributed by atoms with Gasteiger partial charge in [-0.2, -0.15) is 5.10 Å². The van der Waals surface area contributed by atoms with Crippen LogP contribution in [0.25, 0.3) is 5.69 Å². The average Bonchev–Trinajstić information content (AvgIpc) is 3.34. The van der Waals surface area contributed by atoms with Gasteiger partial charge in [0.2, 0.25) is 0 Å². The molecule has 2 aromatic carbocycles. The number of amides is 1. The van der Waals surface area contributed by atoms with Crippen molar-refractivity contribution in [1.82, 2.24) is 15.1 Å². The van der Waals surface area contributed by atoms with E-state index in [1.165, 1.54) is 18.6 Å². The molecule has 0 spiro atoms. The average molecular weight is 545 g/mol. The summed E-state index contributed by atoms with van der Waals surface area (Å²) >= 11 is 0. The predicted octanol–water partition coefficient (Wildman–Crippen LogP) is 6.79. The van der Waals surface area contributed by atoms with Crippen LogP contribution in [0.2, 0.25) is 0 Å². The molecule has 1 atom stereocenters. The van der Waals surface area contributed by atoms with Crippen LogP contribution < -0.4 is 15.4 Å². The second kappa shape index (κ2) is 13.0. The van der Waals surface area contributed by atoms with Crippen LogP contribution in [0.3, 0.4) is 0 Å². The molecule has 1 aliphatic carbocycles. The minimum absolute atomic E-state index is 0.0585. The molecule has 1 saturated carbocycles. The molecule has 3 aromatic rings. The SMILES string of the molecule is CCCNC(=O)c1ccc(NC(c2cn(-c3ccc(OC(F)(F)F)cc3)nc2COC)C2CCCCC2)cc1. The molecule has 0 bridgehead atoms. The van der Waals surface area contributed by atoms with E-state index < -0.39 is 6.36 Å². The van der Waals surface area contributed by atoms with Crippen molar-refractivity contribution in [2.24, 2.45) is 5.92 Å². The van der Waals surface area contributed by atoms with Crippen molar-refractivity contribution in [3.63, 3.8) is 0 Å². The number of aromatic nitrogens is 2. The second-order valence-electron chi connectivity index (χ2n) is 9.80. The number of carbonyl (C=O) groups excluding carboxylic acids is 1. The molecular weight excluding hydrogens is 509 g/mol. The van der Waals surface area contributed by atoms with Gasteiger partial charge in [0.25, 0.3) is 5.91 Å². The number of halogens is 3. The summed E-state index contributed by atoms with van der Waals surface area (Å²) in [6.07, 6.45) is 3.68. The zero-order valence-corrected chi connectivity index (χ0v) is 22.3. The molecule has 0 radical (unpaired) electrons. The summed E-state index contributed by atoms with van der Waals surface area (Å²) in [5, 5.41) is 11.3. The Hall–Kier alpha value is -3.53. The number of nitrogens with one attached hydrogen (secondary N) is 2. The Morgan fingerprint density at radius 1 is 1.08 bits per heavy atom. The van der Waals surface area contributed by atoms with E-state index in [2.05, 4.69) is 15.4 Å². The first kappa shape index (κ1) is 28.5. The van der Waals surface area contributed by atoms with Crippen molar-refractivity contribution in [2.75, 3.05) is 19.0 Å². The number of hydrogen-bond donors (Lipinski definition) is 2. The van der Waals surface area contributed by atoms with Gasteiger partial charge in [0.05, 0.1) is 24.0 Å². The topological polar surface area (TPSA) is 77.4 Å². The first-order chi connectivity index (χ1) is 18.8. The lowest BCUT2D eigenvalue weighted by atomic mass is 9.81. The van der Waals surface area contributed by atoms with Gasteiger partial charge in [-0.3, -0.25) is 4.79 Å². The van der Waals surface area contributed by atoms with Crippen LogP contribution in [0.1, 0.15) is 73.1 Å². The molecule has 1 amide bonds. The van der Waals surface area contributed by atoms with E-state index >= 15 is 0 Å². The fraction of sp³-hybridized carbons (Fsp3) is 0.448. The molecule has 210 valence electrons. The summed E-state index contributed by atoms with van der Waals surface area (Å²) in [4.78, 5) is 12.3. The maximum absolute atomic E-state index is 12.6. The van der Waals surface area contributed by atoms with Crippen LogP contribution in [0, 0.1) is 5.92 Å². The molecule has 1 aromatic heterocycles. The highest BCUT2D eigenvalue weighted by Crippen LogP contribution is 2.38. The second-order valence-corrected chi connectivity index (χ2v) is 9.80. The molecular formula is C29H35F3N4O3. The molecule has 0 aliphatic heterocycles. The number of carbonyl (C=O) groups is 1. The summed E-state index contributed by atoms with van der Waals surface area (Å²) in [5.41, 5.74) is 3.84. The van der Waals surface area contributed by atoms with Crippen molar-refractivity contribution in [2.45, 2.75) is 64.5 Å². The Labute approximate surface area is 226 Å². The first-order valence-corrected chi connectivity index (χ1v) is 13.4. The number of anilines is 1. The molecule has 10 heteroatoms. The van der Waals surface area contributed by atoms with Gasteiger partial charge in [0.15, 0.2) is 0 Å². The van der Waals surface area contributed by atoms with E-state index in [0.717, 1.165) is 49.0 Å². The standard InChI is InChI=1S/C29H35F3N4O3/c1-3-17-33-28(37)21-9-11-22(12-10-21)34-27(20-7-5-4-6-8-20)25-18-36(35-26(25)19-38-2)23-13-15-24(16-14-23)39-29(30,31)32/h9-16,18,20,27,34H,3-8,17,19H2,1-2H3,(H,33,37). The van der Waals surface area contributed by atoms with Gasteiger partial charge in [-0.15, -0.1) is 13.2 Å². The zero-order chi connectivity index (χ0) is 27.8. The highest BCUT2D eigenvalue weighted by Gasteiger charge is 2.31. The Balaban J connectivity index is 1.62. The molecule has 7 nitrogen and oxygen atoms in total. The number of methoxy groups -OCH3 is 1. The number of hydrogen-bond acceptors (Lipinski definition) is 5. The van der Waals surface area contributed by atoms with Crippen molar-refractivity contribution >= 4 is 11.6 Å². The van der Waals surface area contributed by atoms with E-state index in [-0.39, 0.29) is 17.7 Å². The summed E-state index contributed by atoms with van der Waals surface area (Å²) < 4.78 is 48.9. The van der Waals surface area contributed by atoms with Crippen LogP contribution in [0.15, 0.2) is 54.7 Å². The van der Waals surface area contributed by atoms with E-state index in [9.17, 15) is 18.0 Å². The summed E-state index contributed by atoms with van der Waals surface area (Å²) in [5.74, 6) is -0.0195. The lowest BCUT2D eigenvalue weighted by molar-refractivity contribution is -0.274. The van der Waals surface area contributed by atoms with Crippen LogP contribution >= 0.6 is 0 Å². The molecule has 1 fully saturated rings. The number of nitrogens with zero attached hydrogens (tertiary/aromatic N) is 2. The number of alkyl halides is 3. The van der Waals surface area contributed by atoms with E-state index in [0.29, 0.717) is 30.3 Å². The van der Waals surface area contributed by atoms with Crippen LogP contribution in [0.4, 0.5) is 18.9 Å². The number of benzene rings is 2. The maximum atomic E-state index is 12.6. The Bertz CT molecular complexity index is 1200. The fourth-order valence-electron chi connectivity index (χ4n) is 5.02.